The average molecular weight is 397 g/mol. The second-order valence-electron chi connectivity index (χ2n) is 9.42. The summed E-state index contributed by atoms with van der Waals surface area (Å²) in [4.78, 5) is 23.9. The van der Waals surface area contributed by atoms with E-state index in [0.717, 1.165) is 56.9 Å². The van der Waals surface area contributed by atoms with Gasteiger partial charge in [-0.2, -0.15) is 0 Å². The van der Waals surface area contributed by atoms with Gasteiger partial charge in [-0.3, -0.25) is 4.79 Å². The first-order chi connectivity index (χ1) is 14.0. The fourth-order valence-electron chi connectivity index (χ4n) is 5.58. The predicted octanol–water partition coefficient (Wildman–Crippen LogP) is 5.21. The molecule has 3 aliphatic rings. The molecule has 1 aliphatic carbocycles. The van der Waals surface area contributed by atoms with E-state index in [9.17, 15) is 9.59 Å². The van der Waals surface area contributed by atoms with Crippen LogP contribution in [0.2, 0.25) is 0 Å². The van der Waals surface area contributed by atoms with Gasteiger partial charge in [0.1, 0.15) is 0 Å². The highest BCUT2D eigenvalue weighted by atomic mass is 16.5. The summed E-state index contributed by atoms with van der Waals surface area (Å²) in [5, 5.41) is 9.05. The molecule has 4 atom stereocenters. The zero-order valence-electron chi connectivity index (χ0n) is 17.3. The molecular weight excluding hydrogens is 364 g/mol. The summed E-state index contributed by atoms with van der Waals surface area (Å²) < 4.78 is 6.20. The average Bonchev–Trinajstić information content (AvgIpc) is 3.33. The summed E-state index contributed by atoms with van der Waals surface area (Å²) in [5.74, 6) is 0.168. The Morgan fingerprint density at radius 3 is 2.48 bits per heavy atom. The van der Waals surface area contributed by atoms with Crippen LogP contribution in [0.5, 0.6) is 0 Å². The smallest absolute Gasteiger partial charge is 0.335 e. The number of carboxylic acids is 1. The van der Waals surface area contributed by atoms with Crippen LogP contribution in [0.25, 0.3) is 0 Å². The van der Waals surface area contributed by atoms with Crippen molar-refractivity contribution in [1.29, 1.82) is 0 Å². The lowest BCUT2D eigenvalue weighted by Crippen LogP contribution is -2.30. The largest absolute Gasteiger partial charge is 0.478 e. The molecule has 1 aromatic rings. The molecule has 2 aliphatic heterocycles. The van der Waals surface area contributed by atoms with Crippen molar-refractivity contribution in [3.05, 3.63) is 47.5 Å². The number of carbonyl (C=O) groups excluding carboxylic acids is 1. The topological polar surface area (TPSA) is 63.6 Å². The molecule has 0 unspecified atom stereocenters. The van der Waals surface area contributed by atoms with Crippen LogP contribution in [0.3, 0.4) is 0 Å². The highest BCUT2D eigenvalue weighted by molar-refractivity contribution is 5.94. The summed E-state index contributed by atoms with van der Waals surface area (Å²) in [7, 11) is 0. The molecule has 4 heteroatoms. The molecule has 0 aromatic heterocycles. The molecule has 4 rings (SSSR count). The summed E-state index contributed by atoms with van der Waals surface area (Å²) in [6, 6.07) is 7.18. The SMILES string of the molecule is CC1(C(=O)/C=C/[C@@H]2[C@H](CCc3ccc(C(=O)O)cc3)[C@@H]3CC[C@H]2O3)CCCCC1. The fraction of sp³-hybridized carbons (Fsp3) is 0.600. The molecule has 2 bridgehead atoms. The van der Waals surface area contributed by atoms with Crippen molar-refractivity contribution in [3.63, 3.8) is 0 Å². The van der Waals surface area contributed by atoms with Crippen molar-refractivity contribution in [2.45, 2.75) is 76.9 Å². The molecule has 2 heterocycles. The monoisotopic (exact) mass is 396 g/mol. The molecule has 0 spiro atoms. The number of benzene rings is 1. The first-order valence-electron chi connectivity index (χ1n) is 11.2. The van der Waals surface area contributed by atoms with Crippen molar-refractivity contribution in [3.8, 4) is 0 Å². The minimum absolute atomic E-state index is 0.172. The summed E-state index contributed by atoms with van der Waals surface area (Å²) in [6.07, 6.45) is 14.3. The highest BCUT2D eigenvalue weighted by Gasteiger charge is 2.47. The van der Waals surface area contributed by atoms with Gasteiger partial charge in [0.2, 0.25) is 0 Å². The van der Waals surface area contributed by atoms with Gasteiger partial charge in [0, 0.05) is 11.3 Å². The molecule has 0 amide bonds. The zero-order valence-corrected chi connectivity index (χ0v) is 17.3. The third kappa shape index (κ3) is 4.32. The lowest BCUT2D eigenvalue weighted by Gasteiger charge is -2.31. The normalized spacial score (nSPS) is 30.7. The van der Waals surface area contributed by atoms with E-state index in [2.05, 4.69) is 13.0 Å². The van der Waals surface area contributed by atoms with Crippen LogP contribution >= 0.6 is 0 Å². The first-order valence-corrected chi connectivity index (χ1v) is 11.2. The number of carboxylic acid groups (broad SMARTS) is 1. The van der Waals surface area contributed by atoms with E-state index in [-0.39, 0.29) is 11.5 Å². The van der Waals surface area contributed by atoms with Gasteiger partial charge in [0.15, 0.2) is 5.78 Å². The van der Waals surface area contributed by atoms with Crippen LogP contribution < -0.4 is 0 Å². The molecule has 3 fully saturated rings. The van der Waals surface area contributed by atoms with E-state index in [1.54, 1.807) is 12.1 Å². The number of aromatic carboxylic acids is 1. The Morgan fingerprint density at radius 2 is 1.79 bits per heavy atom. The maximum absolute atomic E-state index is 12.9. The third-order valence-corrected chi connectivity index (χ3v) is 7.48. The van der Waals surface area contributed by atoms with E-state index in [4.69, 9.17) is 9.84 Å². The Labute approximate surface area is 173 Å². The zero-order chi connectivity index (χ0) is 20.4. The van der Waals surface area contributed by atoms with Gasteiger partial charge >= 0.3 is 5.97 Å². The van der Waals surface area contributed by atoms with Crippen LogP contribution in [-0.2, 0) is 16.0 Å². The quantitative estimate of drug-likeness (QED) is 0.643. The van der Waals surface area contributed by atoms with Gasteiger partial charge in [0.05, 0.1) is 17.8 Å². The fourth-order valence-corrected chi connectivity index (χ4v) is 5.58. The predicted molar refractivity (Wildman–Crippen MR) is 112 cm³/mol. The Bertz CT molecular complexity index is 773. The minimum atomic E-state index is -0.889. The molecule has 0 radical (unpaired) electrons. The molecule has 4 nitrogen and oxygen atoms in total. The third-order valence-electron chi connectivity index (χ3n) is 7.48. The molecule has 29 heavy (non-hydrogen) atoms. The van der Waals surface area contributed by atoms with Crippen molar-refractivity contribution in [2.24, 2.45) is 17.3 Å². The minimum Gasteiger partial charge on any atom is -0.478 e. The van der Waals surface area contributed by atoms with Crippen LogP contribution in [0.4, 0.5) is 0 Å². The second kappa shape index (κ2) is 8.43. The maximum Gasteiger partial charge on any atom is 0.335 e. The molecule has 156 valence electrons. The number of hydrogen-bond donors (Lipinski definition) is 1. The molecule has 1 saturated carbocycles. The van der Waals surface area contributed by atoms with Gasteiger partial charge < -0.3 is 9.84 Å². The molecule has 1 N–H and O–H groups in total. The van der Waals surface area contributed by atoms with Crippen LogP contribution in [0, 0.1) is 17.3 Å². The Morgan fingerprint density at radius 1 is 1.10 bits per heavy atom. The molecule has 1 aromatic carbocycles. The summed E-state index contributed by atoms with van der Waals surface area (Å²) >= 11 is 0. The summed E-state index contributed by atoms with van der Waals surface area (Å²) in [6.45, 7) is 2.13. The van der Waals surface area contributed by atoms with Crippen molar-refractivity contribution in [2.75, 3.05) is 0 Å². The number of ether oxygens (including phenoxy) is 1. The van der Waals surface area contributed by atoms with E-state index < -0.39 is 5.97 Å². The summed E-state index contributed by atoms with van der Waals surface area (Å²) in [5.41, 5.74) is 1.31. The lowest BCUT2D eigenvalue weighted by atomic mass is 9.71. The number of aryl methyl sites for hydroxylation is 1. The van der Waals surface area contributed by atoms with Gasteiger partial charge in [-0.05, 0) is 68.2 Å². The van der Waals surface area contributed by atoms with Crippen molar-refractivity contribution in [1.82, 2.24) is 0 Å². The molecular formula is C25H32O4. The van der Waals surface area contributed by atoms with E-state index in [1.807, 2.05) is 18.2 Å². The standard InChI is InChI=1S/C25H32O4/c1-25(15-3-2-4-16-25)23(26)14-11-20-19(21-12-13-22(20)29-21)10-7-17-5-8-18(9-6-17)24(27)28/h5-6,8-9,11,14,19-22H,2-4,7,10,12-13,15-16H2,1H3,(H,27,28)/b14-11+/t19-,20+,21-,22+/m0/s1. The first kappa shape index (κ1) is 20.3. The van der Waals surface area contributed by atoms with Crippen LogP contribution in [0.15, 0.2) is 36.4 Å². The van der Waals surface area contributed by atoms with E-state index in [1.165, 1.54) is 6.42 Å². The Kier molecular flexibility index (Phi) is 5.91. The lowest BCUT2D eigenvalue weighted by molar-refractivity contribution is -0.124. The van der Waals surface area contributed by atoms with Crippen LogP contribution in [-0.4, -0.2) is 29.1 Å². The number of hydrogen-bond acceptors (Lipinski definition) is 3. The number of rotatable bonds is 7. The van der Waals surface area contributed by atoms with E-state index >= 15 is 0 Å². The van der Waals surface area contributed by atoms with Gasteiger partial charge in [0.25, 0.3) is 0 Å². The van der Waals surface area contributed by atoms with Crippen molar-refractivity contribution >= 4 is 11.8 Å². The number of fused-ring (bicyclic) bond motifs is 2. The Hall–Kier alpha value is -1.94. The van der Waals surface area contributed by atoms with Gasteiger partial charge in [-0.15, -0.1) is 0 Å². The number of ketones is 1. The Balaban J connectivity index is 1.39. The van der Waals surface area contributed by atoms with Crippen LogP contribution in [0.1, 0.15) is 74.2 Å². The second-order valence-corrected chi connectivity index (χ2v) is 9.42. The molecule has 2 saturated heterocycles. The number of allylic oxidation sites excluding steroid dienone is 1. The van der Waals surface area contributed by atoms with Gasteiger partial charge in [-0.25, -0.2) is 4.79 Å². The number of carbonyl (C=O) groups is 2. The van der Waals surface area contributed by atoms with Crippen molar-refractivity contribution < 1.29 is 19.4 Å². The maximum atomic E-state index is 12.9. The van der Waals surface area contributed by atoms with Gasteiger partial charge in [-0.1, -0.05) is 44.4 Å². The van der Waals surface area contributed by atoms with E-state index in [0.29, 0.717) is 29.3 Å². The highest BCUT2D eigenvalue weighted by Crippen LogP contribution is 2.46.